The number of carbonyl (C=O) groups excluding carboxylic acids is 2. The highest BCUT2D eigenvalue weighted by atomic mass is 16.5. The van der Waals surface area contributed by atoms with E-state index in [1.807, 2.05) is 4.90 Å². The van der Waals surface area contributed by atoms with E-state index in [4.69, 9.17) is 4.74 Å². The van der Waals surface area contributed by atoms with Crippen molar-refractivity contribution < 1.29 is 14.3 Å². The summed E-state index contributed by atoms with van der Waals surface area (Å²) in [6, 6.07) is 0. The second-order valence-electron chi connectivity index (χ2n) is 5.17. The van der Waals surface area contributed by atoms with Crippen molar-refractivity contribution in [1.29, 1.82) is 0 Å². The van der Waals surface area contributed by atoms with Crippen molar-refractivity contribution in [1.82, 2.24) is 15.5 Å². The van der Waals surface area contributed by atoms with Gasteiger partial charge < -0.3 is 20.3 Å². The van der Waals surface area contributed by atoms with E-state index in [-0.39, 0.29) is 11.8 Å². The minimum absolute atomic E-state index is 0.0192. The number of amides is 2. The molecular weight excluding hydrogens is 246 g/mol. The minimum atomic E-state index is 0.0192. The van der Waals surface area contributed by atoms with Crippen LogP contribution in [0.25, 0.3) is 0 Å². The summed E-state index contributed by atoms with van der Waals surface area (Å²) in [5, 5.41) is 5.89. The molecule has 6 heteroatoms. The van der Waals surface area contributed by atoms with Crippen LogP contribution in [0.5, 0.6) is 0 Å². The van der Waals surface area contributed by atoms with E-state index < -0.39 is 0 Å². The van der Waals surface area contributed by atoms with Crippen molar-refractivity contribution in [2.45, 2.75) is 19.3 Å². The van der Waals surface area contributed by atoms with Crippen molar-refractivity contribution in [3.05, 3.63) is 0 Å². The van der Waals surface area contributed by atoms with Gasteiger partial charge in [-0.05, 0) is 18.8 Å². The maximum atomic E-state index is 11.8. The lowest BCUT2D eigenvalue weighted by Gasteiger charge is -2.26. The molecule has 0 bridgehead atoms. The van der Waals surface area contributed by atoms with Crippen molar-refractivity contribution in [2.75, 3.05) is 45.9 Å². The van der Waals surface area contributed by atoms with Crippen LogP contribution in [0.1, 0.15) is 19.3 Å². The van der Waals surface area contributed by atoms with Gasteiger partial charge in [0.1, 0.15) is 0 Å². The third-order valence-electron chi connectivity index (χ3n) is 3.45. The number of hydrogen-bond donors (Lipinski definition) is 2. The number of rotatable bonds is 7. The van der Waals surface area contributed by atoms with E-state index in [0.29, 0.717) is 51.7 Å². The summed E-state index contributed by atoms with van der Waals surface area (Å²) in [7, 11) is 0. The Bertz CT molecular complexity index is 312. The summed E-state index contributed by atoms with van der Waals surface area (Å²) in [6.45, 7) is 4.26. The Morgan fingerprint density at radius 3 is 2.63 bits per heavy atom. The van der Waals surface area contributed by atoms with Crippen LogP contribution in [0.3, 0.4) is 0 Å². The maximum absolute atomic E-state index is 11.8. The monoisotopic (exact) mass is 269 g/mol. The van der Waals surface area contributed by atoms with Gasteiger partial charge in [0, 0.05) is 32.6 Å². The molecule has 6 nitrogen and oxygen atoms in total. The summed E-state index contributed by atoms with van der Waals surface area (Å²) in [6.07, 6.45) is 2.92. The molecule has 0 aromatic heterocycles. The van der Waals surface area contributed by atoms with Crippen LogP contribution in [0.4, 0.5) is 0 Å². The third kappa shape index (κ3) is 5.57. The van der Waals surface area contributed by atoms with E-state index in [1.54, 1.807) is 0 Å². The molecule has 1 heterocycles. The molecule has 0 aromatic carbocycles. The molecule has 1 aliphatic carbocycles. The Morgan fingerprint density at radius 1 is 1.21 bits per heavy atom. The molecule has 0 radical (unpaired) electrons. The Balaban J connectivity index is 1.48. The molecule has 1 saturated heterocycles. The largest absolute Gasteiger partial charge is 0.378 e. The smallest absolute Gasteiger partial charge is 0.233 e. The van der Waals surface area contributed by atoms with E-state index in [1.165, 1.54) is 12.8 Å². The van der Waals surface area contributed by atoms with Gasteiger partial charge in [0.25, 0.3) is 0 Å². The molecule has 2 N–H and O–H groups in total. The lowest BCUT2D eigenvalue weighted by atomic mass is 10.3. The highest BCUT2D eigenvalue weighted by Gasteiger charge is 2.21. The molecule has 0 aromatic rings. The molecule has 1 aliphatic heterocycles. The van der Waals surface area contributed by atoms with Gasteiger partial charge in [0.15, 0.2) is 0 Å². The van der Waals surface area contributed by atoms with E-state index in [9.17, 15) is 9.59 Å². The number of morpholine rings is 1. The number of carbonyl (C=O) groups is 2. The molecule has 0 spiro atoms. The summed E-state index contributed by atoms with van der Waals surface area (Å²) in [5.74, 6) is 0.853. The van der Waals surface area contributed by atoms with Gasteiger partial charge in [-0.2, -0.15) is 0 Å². The highest BCUT2D eigenvalue weighted by molar-refractivity contribution is 5.78. The minimum Gasteiger partial charge on any atom is -0.378 e. The zero-order valence-corrected chi connectivity index (χ0v) is 11.3. The lowest BCUT2D eigenvalue weighted by molar-refractivity contribution is -0.135. The molecule has 2 amide bonds. The van der Waals surface area contributed by atoms with Crippen LogP contribution < -0.4 is 10.6 Å². The summed E-state index contributed by atoms with van der Waals surface area (Å²) < 4.78 is 5.20. The van der Waals surface area contributed by atoms with Crippen LogP contribution in [0, 0.1) is 5.92 Å². The topological polar surface area (TPSA) is 70.7 Å². The average Bonchev–Trinajstić information content (AvgIpc) is 3.26. The van der Waals surface area contributed by atoms with Crippen LogP contribution in [0.2, 0.25) is 0 Å². The molecule has 0 atom stereocenters. The molecule has 108 valence electrons. The van der Waals surface area contributed by atoms with Crippen molar-refractivity contribution in [3.8, 4) is 0 Å². The first-order valence-electron chi connectivity index (χ1n) is 7.08. The third-order valence-corrected chi connectivity index (χ3v) is 3.45. The van der Waals surface area contributed by atoms with Gasteiger partial charge in [0.05, 0.1) is 19.8 Å². The maximum Gasteiger partial charge on any atom is 0.233 e. The number of nitrogens with one attached hydrogen (secondary N) is 2. The van der Waals surface area contributed by atoms with Gasteiger partial charge >= 0.3 is 0 Å². The molecule has 2 rings (SSSR count). The lowest BCUT2D eigenvalue weighted by Crippen LogP contribution is -2.42. The van der Waals surface area contributed by atoms with Gasteiger partial charge in [-0.25, -0.2) is 0 Å². The average molecular weight is 269 g/mol. The fourth-order valence-electron chi connectivity index (χ4n) is 2.01. The standard InChI is InChI=1S/C13H23N3O3/c17-12(15-9-11-1-2-11)10-14-4-3-13(18)16-5-7-19-8-6-16/h11,14H,1-10H2,(H,15,17). The van der Waals surface area contributed by atoms with Crippen LogP contribution in [0.15, 0.2) is 0 Å². The zero-order valence-electron chi connectivity index (χ0n) is 11.3. The molecule has 2 aliphatic rings. The summed E-state index contributed by atoms with van der Waals surface area (Å²) >= 11 is 0. The fraction of sp³-hybridized carbons (Fsp3) is 0.846. The predicted molar refractivity (Wildman–Crippen MR) is 70.6 cm³/mol. The second-order valence-corrected chi connectivity index (χ2v) is 5.17. The van der Waals surface area contributed by atoms with Gasteiger partial charge in [-0.1, -0.05) is 0 Å². The summed E-state index contributed by atoms with van der Waals surface area (Å²) in [4.78, 5) is 25.0. The van der Waals surface area contributed by atoms with E-state index in [0.717, 1.165) is 6.54 Å². The normalized spacial score (nSPS) is 19.3. The van der Waals surface area contributed by atoms with Gasteiger partial charge in [0.2, 0.25) is 11.8 Å². The van der Waals surface area contributed by atoms with Crippen LogP contribution in [-0.2, 0) is 14.3 Å². The molecule has 1 saturated carbocycles. The van der Waals surface area contributed by atoms with Crippen molar-refractivity contribution in [3.63, 3.8) is 0 Å². The molecule has 19 heavy (non-hydrogen) atoms. The predicted octanol–water partition coefficient (Wildman–Crippen LogP) is -0.649. The SMILES string of the molecule is O=C(CNCCC(=O)N1CCOCC1)NCC1CC1. The van der Waals surface area contributed by atoms with E-state index >= 15 is 0 Å². The Morgan fingerprint density at radius 2 is 1.95 bits per heavy atom. The van der Waals surface area contributed by atoms with Crippen molar-refractivity contribution in [2.24, 2.45) is 5.92 Å². The highest BCUT2D eigenvalue weighted by Crippen LogP contribution is 2.27. The van der Waals surface area contributed by atoms with E-state index in [2.05, 4.69) is 10.6 Å². The number of hydrogen-bond acceptors (Lipinski definition) is 4. The zero-order chi connectivity index (χ0) is 13.5. The van der Waals surface area contributed by atoms with Gasteiger partial charge in [-0.15, -0.1) is 0 Å². The molecule has 0 unspecified atom stereocenters. The van der Waals surface area contributed by atoms with Crippen LogP contribution >= 0.6 is 0 Å². The Hall–Kier alpha value is -1.14. The molecular formula is C13H23N3O3. The summed E-state index contributed by atoms with van der Waals surface area (Å²) in [5.41, 5.74) is 0. The van der Waals surface area contributed by atoms with Gasteiger partial charge in [-0.3, -0.25) is 9.59 Å². The Labute approximate surface area is 113 Å². The van der Waals surface area contributed by atoms with Crippen molar-refractivity contribution >= 4 is 11.8 Å². The first-order valence-corrected chi connectivity index (χ1v) is 7.08. The number of ether oxygens (including phenoxy) is 1. The number of nitrogens with zero attached hydrogens (tertiary/aromatic N) is 1. The second kappa shape index (κ2) is 7.45. The first kappa shape index (κ1) is 14.3. The first-order chi connectivity index (χ1) is 9.25. The van der Waals surface area contributed by atoms with Crippen LogP contribution in [-0.4, -0.2) is 62.7 Å². The quantitative estimate of drug-likeness (QED) is 0.603. The fourth-order valence-corrected chi connectivity index (χ4v) is 2.01. The molecule has 2 fully saturated rings. The Kier molecular flexibility index (Phi) is 5.60.